The molecule has 3 rings (SSSR count). The summed E-state index contributed by atoms with van der Waals surface area (Å²) in [5.41, 5.74) is 3.73. The molecule has 0 saturated heterocycles. The normalized spacial score (nSPS) is 24.1. The molecule has 2 heterocycles. The molecule has 3 nitrogen and oxygen atoms in total. The van der Waals surface area contributed by atoms with Crippen LogP contribution in [0.2, 0.25) is 0 Å². The molecule has 13 heavy (non-hydrogen) atoms. The number of anilines is 2. The van der Waals surface area contributed by atoms with Gasteiger partial charge in [-0.05, 0) is 18.1 Å². The highest BCUT2D eigenvalue weighted by Crippen LogP contribution is 2.38. The van der Waals surface area contributed by atoms with E-state index in [0.717, 1.165) is 13.0 Å². The molecule has 2 N–H and O–H groups in total. The Morgan fingerprint density at radius 3 is 3.31 bits per heavy atom. The highest BCUT2D eigenvalue weighted by Gasteiger charge is 2.30. The molecule has 1 aromatic carbocycles. The van der Waals surface area contributed by atoms with Crippen LogP contribution in [0.5, 0.6) is 0 Å². The summed E-state index contributed by atoms with van der Waals surface area (Å²) in [4.78, 5) is 2.08. The van der Waals surface area contributed by atoms with Crippen molar-refractivity contribution in [2.24, 2.45) is 0 Å². The van der Waals surface area contributed by atoms with E-state index < -0.39 is 0 Å². The number of hydrogen-bond donors (Lipinski definition) is 2. The summed E-state index contributed by atoms with van der Waals surface area (Å²) in [5, 5.41) is 12.9. The maximum absolute atomic E-state index is 9.71. The van der Waals surface area contributed by atoms with Crippen LogP contribution in [0.1, 0.15) is 5.56 Å². The minimum atomic E-state index is -0.351. The molecular formula is C10H12N2O. The van der Waals surface area contributed by atoms with Gasteiger partial charge in [0.15, 0.2) is 0 Å². The lowest BCUT2D eigenvalue weighted by atomic mass is 10.1. The molecule has 0 bridgehead atoms. The molecule has 2 aliphatic heterocycles. The van der Waals surface area contributed by atoms with Crippen molar-refractivity contribution in [1.29, 1.82) is 0 Å². The Morgan fingerprint density at radius 2 is 2.38 bits per heavy atom. The van der Waals surface area contributed by atoms with Gasteiger partial charge < -0.3 is 15.3 Å². The van der Waals surface area contributed by atoms with E-state index in [2.05, 4.69) is 28.4 Å². The average molecular weight is 176 g/mol. The number of aliphatic hydroxyl groups excluding tert-OH is 1. The maximum Gasteiger partial charge on any atom is 0.144 e. The van der Waals surface area contributed by atoms with Gasteiger partial charge in [0.25, 0.3) is 0 Å². The fourth-order valence-corrected chi connectivity index (χ4v) is 2.24. The second-order valence-corrected chi connectivity index (χ2v) is 3.62. The molecule has 1 aromatic rings. The number of benzene rings is 1. The van der Waals surface area contributed by atoms with Gasteiger partial charge >= 0.3 is 0 Å². The van der Waals surface area contributed by atoms with Gasteiger partial charge in [0.05, 0.1) is 17.9 Å². The number of hydrogen-bond acceptors (Lipinski definition) is 3. The van der Waals surface area contributed by atoms with Crippen molar-refractivity contribution in [3.05, 3.63) is 23.8 Å². The van der Waals surface area contributed by atoms with Crippen LogP contribution >= 0.6 is 0 Å². The number of rotatable bonds is 0. The van der Waals surface area contributed by atoms with E-state index in [-0.39, 0.29) is 6.23 Å². The lowest BCUT2D eigenvalue weighted by molar-refractivity contribution is 0.181. The second-order valence-electron chi connectivity index (χ2n) is 3.62. The van der Waals surface area contributed by atoms with E-state index >= 15 is 0 Å². The Labute approximate surface area is 77.0 Å². The molecule has 0 aliphatic carbocycles. The molecule has 0 spiro atoms. The van der Waals surface area contributed by atoms with Crippen LogP contribution in [0.15, 0.2) is 18.2 Å². The molecule has 3 heteroatoms. The number of β-amino-alcohol motifs (C(OH)–C–C–N with tert-alkyl or cyclic N) is 1. The Morgan fingerprint density at radius 1 is 1.46 bits per heavy atom. The van der Waals surface area contributed by atoms with Crippen molar-refractivity contribution in [3.63, 3.8) is 0 Å². The van der Waals surface area contributed by atoms with Crippen molar-refractivity contribution >= 4 is 11.4 Å². The fraction of sp³-hybridized carbons (Fsp3) is 0.400. The van der Waals surface area contributed by atoms with Gasteiger partial charge in [0.1, 0.15) is 6.23 Å². The van der Waals surface area contributed by atoms with Crippen LogP contribution in [0.25, 0.3) is 0 Å². The molecule has 0 radical (unpaired) electrons. The number of para-hydroxylation sites is 1. The van der Waals surface area contributed by atoms with Crippen LogP contribution in [0.4, 0.5) is 11.4 Å². The van der Waals surface area contributed by atoms with Crippen molar-refractivity contribution in [2.45, 2.75) is 12.6 Å². The minimum Gasteiger partial charge on any atom is -0.379 e. The Kier molecular flexibility index (Phi) is 1.32. The first-order chi connectivity index (χ1) is 6.36. The predicted octanol–water partition coefficient (Wildman–Crippen LogP) is 0.793. The summed E-state index contributed by atoms with van der Waals surface area (Å²) in [6.45, 7) is 1.59. The maximum atomic E-state index is 9.71. The summed E-state index contributed by atoms with van der Waals surface area (Å²) in [6, 6.07) is 6.28. The molecule has 2 aliphatic rings. The van der Waals surface area contributed by atoms with Crippen molar-refractivity contribution < 1.29 is 5.11 Å². The number of nitrogens with zero attached hydrogens (tertiary/aromatic N) is 1. The van der Waals surface area contributed by atoms with E-state index in [1.165, 1.54) is 16.9 Å². The summed E-state index contributed by atoms with van der Waals surface area (Å²) < 4.78 is 0. The first kappa shape index (κ1) is 7.21. The van der Waals surface area contributed by atoms with Gasteiger partial charge in [-0.3, -0.25) is 0 Å². The fourth-order valence-electron chi connectivity index (χ4n) is 2.24. The van der Waals surface area contributed by atoms with Crippen LogP contribution in [0, 0.1) is 0 Å². The standard InChI is InChI=1S/C10H12N2O/c13-9-6-11-8-3-1-2-7-4-5-12(9)10(7)8/h1-3,9,11,13H,4-6H2. The molecule has 68 valence electrons. The monoisotopic (exact) mass is 176 g/mol. The van der Waals surface area contributed by atoms with Crippen LogP contribution in [-0.2, 0) is 6.42 Å². The van der Waals surface area contributed by atoms with E-state index in [9.17, 15) is 5.11 Å². The third kappa shape index (κ3) is 0.877. The molecule has 0 amide bonds. The SMILES string of the molecule is OC1CNc2cccc3c2N1CC3. The zero-order chi connectivity index (χ0) is 8.84. The van der Waals surface area contributed by atoms with Crippen molar-refractivity contribution in [2.75, 3.05) is 23.3 Å². The lowest BCUT2D eigenvalue weighted by Gasteiger charge is -2.33. The summed E-state index contributed by atoms with van der Waals surface area (Å²) in [7, 11) is 0. The molecule has 0 saturated carbocycles. The van der Waals surface area contributed by atoms with Gasteiger partial charge in [0.2, 0.25) is 0 Å². The van der Waals surface area contributed by atoms with Crippen molar-refractivity contribution in [1.82, 2.24) is 0 Å². The van der Waals surface area contributed by atoms with Crippen LogP contribution < -0.4 is 10.2 Å². The quantitative estimate of drug-likeness (QED) is 0.613. The van der Waals surface area contributed by atoms with Crippen LogP contribution in [0.3, 0.4) is 0 Å². The smallest absolute Gasteiger partial charge is 0.144 e. The Balaban J connectivity index is 2.19. The first-order valence-electron chi connectivity index (χ1n) is 4.67. The third-order valence-electron chi connectivity index (χ3n) is 2.86. The molecule has 1 unspecified atom stereocenters. The van der Waals surface area contributed by atoms with E-state index in [0.29, 0.717) is 6.54 Å². The van der Waals surface area contributed by atoms with Gasteiger partial charge in [0, 0.05) is 6.54 Å². The van der Waals surface area contributed by atoms with Gasteiger partial charge in [-0.2, -0.15) is 0 Å². The van der Waals surface area contributed by atoms with Crippen molar-refractivity contribution in [3.8, 4) is 0 Å². The zero-order valence-electron chi connectivity index (χ0n) is 7.33. The first-order valence-corrected chi connectivity index (χ1v) is 4.67. The van der Waals surface area contributed by atoms with Gasteiger partial charge in [-0.15, -0.1) is 0 Å². The second kappa shape index (κ2) is 2.39. The highest BCUT2D eigenvalue weighted by atomic mass is 16.3. The van der Waals surface area contributed by atoms with Gasteiger partial charge in [-0.1, -0.05) is 12.1 Å². The molecule has 0 fully saturated rings. The minimum absolute atomic E-state index is 0.351. The summed E-state index contributed by atoms with van der Waals surface area (Å²) >= 11 is 0. The average Bonchev–Trinajstić information content (AvgIpc) is 2.57. The Bertz CT molecular complexity index is 351. The molecule has 1 atom stereocenters. The number of nitrogens with one attached hydrogen (secondary N) is 1. The van der Waals surface area contributed by atoms with Gasteiger partial charge in [-0.25, -0.2) is 0 Å². The predicted molar refractivity (Wildman–Crippen MR) is 52.0 cm³/mol. The van der Waals surface area contributed by atoms with E-state index in [1.54, 1.807) is 0 Å². The Hall–Kier alpha value is -1.22. The molecule has 0 aromatic heterocycles. The summed E-state index contributed by atoms with van der Waals surface area (Å²) in [5.74, 6) is 0. The largest absolute Gasteiger partial charge is 0.379 e. The lowest BCUT2D eigenvalue weighted by Crippen LogP contribution is -2.42. The van der Waals surface area contributed by atoms with Crippen LogP contribution in [-0.4, -0.2) is 24.4 Å². The number of aliphatic hydroxyl groups is 1. The third-order valence-corrected chi connectivity index (χ3v) is 2.86. The van der Waals surface area contributed by atoms with E-state index in [1.807, 2.05) is 0 Å². The summed E-state index contributed by atoms with van der Waals surface area (Å²) in [6.07, 6.45) is 0.707. The zero-order valence-corrected chi connectivity index (χ0v) is 7.33. The van der Waals surface area contributed by atoms with E-state index in [4.69, 9.17) is 0 Å². The molecular weight excluding hydrogens is 164 g/mol. The topological polar surface area (TPSA) is 35.5 Å². The highest BCUT2D eigenvalue weighted by molar-refractivity contribution is 5.78.